The first-order valence-electron chi connectivity index (χ1n) is 11.0. The van der Waals surface area contributed by atoms with E-state index < -0.39 is 44.8 Å². The van der Waals surface area contributed by atoms with Crippen molar-refractivity contribution in [3.63, 3.8) is 0 Å². The molecule has 37 heavy (non-hydrogen) atoms. The maximum Gasteiger partial charge on any atom is 0.300 e. The number of nitro benzene ring substituents is 2. The molecule has 2 amide bonds. The topological polar surface area (TPSA) is 180 Å². The van der Waals surface area contributed by atoms with E-state index in [0.29, 0.717) is 30.5 Å². The maximum absolute atomic E-state index is 12.7. The molecule has 2 aromatic carbocycles. The molecule has 0 aromatic heterocycles. The van der Waals surface area contributed by atoms with Gasteiger partial charge in [0.05, 0.1) is 22.0 Å². The Morgan fingerprint density at radius 1 is 1.03 bits per heavy atom. The summed E-state index contributed by atoms with van der Waals surface area (Å²) in [6, 6.07) is 7.43. The molecule has 0 fully saturated rings. The summed E-state index contributed by atoms with van der Waals surface area (Å²) in [4.78, 5) is 48.4. The van der Waals surface area contributed by atoms with Crippen LogP contribution in [0.5, 0.6) is 0 Å². The highest BCUT2D eigenvalue weighted by Crippen LogP contribution is 2.36. The molecule has 0 saturated heterocycles. The predicted molar refractivity (Wildman–Crippen MR) is 141 cm³/mol. The second-order valence-electron chi connectivity index (χ2n) is 7.65. The third-order valence-electron chi connectivity index (χ3n) is 5.11. The number of nitrogens with one attached hydrogen (secondary N) is 3. The number of benzene rings is 2. The van der Waals surface area contributed by atoms with Gasteiger partial charge in [-0.1, -0.05) is 0 Å². The zero-order chi connectivity index (χ0) is 27.5. The molecule has 0 spiro atoms. The summed E-state index contributed by atoms with van der Waals surface area (Å²) in [5.41, 5.74) is -1.10. The SMILES string of the molecule is C[C@H](Nc1c([N+](=O)[O-])cc(C(=O)NCCO)cc1[N+](=O)[O-])C(=O)Nc1ccc(N(CCCl)CCCl)cc1. The molecule has 0 aliphatic rings. The number of halogens is 2. The van der Waals surface area contributed by atoms with Crippen LogP contribution in [0.15, 0.2) is 36.4 Å². The predicted octanol–water partition coefficient (Wildman–Crippen LogP) is 2.95. The molecule has 13 nitrogen and oxygen atoms in total. The van der Waals surface area contributed by atoms with Crippen molar-refractivity contribution in [2.45, 2.75) is 13.0 Å². The lowest BCUT2D eigenvalue weighted by molar-refractivity contribution is -0.392. The quantitative estimate of drug-likeness (QED) is 0.154. The van der Waals surface area contributed by atoms with Crippen LogP contribution in [0.3, 0.4) is 0 Å². The monoisotopic (exact) mass is 556 g/mol. The van der Waals surface area contributed by atoms with E-state index in [-0.39, 0.29) is 18.7 Å². The zero-order valence-electron chi connectivity index (χ0n) is 19.8. The highest BCUT2D eigenvalue weighted by Gasteiger charge is 2.30. The Bertz CT molecular complexity index is 1090. The van der Waals surface area contributed by atoms with Crippen LogP contribution in [-0.4, -0.2) is 70.8 Å². The fourth-order valence-corrected chi connectivity index (χ4v) is 3.72. The molecule has 4 N–H and O–H groups in total. The highest BCUT2D eigenvalue weighted by molar-refractivity contribution is 6.18. The van der Waals surface area contributed by atoms with Crippen LogP contribution < -0.4 is 20.9 Å². The Balaban J connectivity index is 2.25. The average Bonchev–Trinajstić information content (AvgIpc) is 2.87. The number of hydrogen-bond donors (Lipinski definition) is 4. The van der Waals surface area contributed by atoms with Crippen molar-refractivity contribution < 1.29 is 24.5 Å². The molecule has 0 aliphatic carbocycles. The first kappa shape index (κ1) is 29.5. The second-order valence-corrected chi connectivity index (χ2v) is 8.41. The Morgan fingerprint density at radius 2 is 1.57 bits per heavy atom. The summed E-state index contributed by atoms with van der Waals surface area (Å²) in [7, 11) is 0. The van der Waals surface area contributed by atoms with Gasteiger partial charge in [-0.25, -0.2) is 0 Å². The number of rotatable bonds is 14. The number of carbonyl (C=O) groups excluding carboxylic acids is 2. The van der Waals surface area contributed by atoms with E-state index in [1.807, 2.05) is 4.90 Å². The van der Waals surface area contributed by atoms with Crippen molar-refractivity contribution in [3.8, 4) is 0 Å². The number of nitro groups is 2. The number of amides is 2. The van der Waals surface area contributed by atoms with Gasteiger partial charge in [-0.3, -0.25) is 29.8 Å². The molecule has 0 bridgehead atoms. The van der Waals surface area contributed by atoms with Gasteiger partial charge < -0.3 is 26.0 Å². The van der Waals surface area contributed by atoms with E-state index in [4.69, 9.17) is 28.3 Å². The number of alkyl halides is 2. The minimum atomic E-state index is -1.13. The summed E-state index contributed by atoms with van der Waals surface area (Å²) >= 11 is 11.7. The van der Waals surface area contributed by atoms with Crippen LogP contribution in [0.4, 0.5) is 28.4 Å². The van der Waals surface area contributed by atoms with Crippen LogP contribution >= 0.6 is 23.2 Å². The van der Waals surface area contributed by atoms with Gasteiger partial charge in [-0.05, 0) is 31.2 Å². The molecule has 1 atom stereocenters. The van der Waals surface area contributed by atoms with Gasteiger partial charge in [0, 0.05) is 54.9 Å². The number of aliphatic hydroxyl groups is 1. The van der Waals surface area contributed by atoms with Crippen LogP contribution in [0, 0.1) is 20.2 Å². The van der Waals surface area contributed by atoms with E-state index in [2.05, 4.69) is 16.0 Å². The molecule has 0 heterocycles. The fraction of sp³-hybridized carbons (Fsp3) is 0.364. The van der Waals surface area contributed by atoms with E-state index in [1.54, 1.807) is 24.3 Å². The fourth-order valence-electron chi connectivity index (χ4n) is 3.31. The molecule has 0 saturated carbocycles. The van der Waals surface area contributed by atoms with Gasteiger partial charge in [-0.15, -0.1) is 23.2 Å². The van der Waals surface area contributed by atoms with E-state index in [1.165, 1.54) is 6.92 Å². The van der Waals surface area contributed by atoms with Gasteiger partial charge in [0.1, 0.15) is 6.04 Å². The van der Waals surface area contributed by atoms with Gasteiger partial charge in [0.15, 0.2) is 5.69 Å². The Hall–Kier alpha value is -3.68. The molecule has 2 rings (SSSR count). The molecule has 0 aliphatic heterocycles. The standard InChI is InChI=1S/C22H26Cl2N6O7/c1-14(21(32)27-16-2-4-17(5-3-16)28(9-6-23)10-7-24)26-20-18(29(34)35)12-15(13-19(20)30(36)37)22(33)25-8-11-31/h2-5,12-14,26,31H,6-11H2,1H3,(H,25,33)(H,27,32)/t14-/m0/s1. The smallest absolute Gasteiger partial charge is 0.300 e. The van der Waals surface area contributed by atoms with E-state index in [9.17, 15) is 29.8 Å². The van der Waals surface area contributed by atoms with Gasteiger partial charge in [-0.2, -0.15) is 0 Å². The Labute approximate surface area is 222 Å². The lowest BCUT2D eigenvalue weighted by Crippen LogP contribution is -2.32. The summed E-state index contributed by atoms with van der Waals surface area (Å²) in [6.07, 6.45) is 0. The van der Waals surface area contributed by atoms with Crippen LogP contribution in [0.25, 0.3) is 0 Å². The Morgan fingerprint density at radius 3 is 2.03 bits per heavy atom. The van der Waals surface area contributed by atoms with E-state index >= 15 is 0 Å². The van der Waals surface area contributed by atoms with Crippen LogP contribution in [0.2, 0.25) is 0 Å². The van der Waals surface area contributed by atoms with Gasteiger partial charge >= 0.3 is 0 Å². The molecule has 0 radical (unpaired) electrons. The number of nitrogens with zero attached hydrogens (tertiary/aromatic N) is 3. The lowest BCUT2D eigenvalue weighted by atomic mass is 10.1. The van der Waals surface area contributed by atoms with Gasteiger partial charge in [0.25, 0.3) is 17.3 Å². The third kappa shape index (κ3) is 8.17. The second kappa shape index (κ2) is 14.2. The average molecular weight is 557 g/mol. The summed E-state index contributed by atoms with van der Waals surface area (Å²) in [5, 5.41) is 39.6. The molecule has 0 unspecified atom stereocenters. The van der Waals surface area contributed by atoms with Crippen molar-refractivity contribution in [2.24, 2.45) is 0 Å². The molecular formula is C22H26Cl2N6O7. The number of aliphatic hydroxyl groups excluding tert-OH is 1. The van der Waals surface area contributed by atoms with Crippen molar-refractivity contribution in [3.05, 3.63) is 62.2 Å². The van der Waals surface area contributed by atoms with Gasteiger partial charge in [0.2, 0.25) is 5.91 Å². The van der Waals surface area contributed by atoms with Crippen LogP contribution in [-0.2, 0) is 4.79 Å². The Kier molecular flexibility index (Phi) is 11.3. The number of carbonyl (C=O) groups is 2. The number of hydrogen-bond acceptors (Lipinski definition) is 9. The highest BCUT2D eigenvalue weighted by atomic mass is 35.5. The van der Waals surface area contributed by atoms with Crippen LogP contribution in [0.1, 0.15) is 17.3 Å². The summed E-state index contributed by atoms with van der Waals surface area (Å²) < 4.78 is 0. The lowest BCUT2D eigenvalue weighted by Gasteiger charge is -2.23. The molecule has 2 aromatic rings. The van der Waals surface area contributed by atoms with Crippen molar-refractivity contribution in [1.82, 2.24) is 5.32 Å². The van der Waals surface area contributed by atoms with Crippen molar-refractivity contribution >= 4 is 63.5 Å². The molecule has 15 heteroatoms. The van der Waals surface area contributed by atoms with Crippen molar-refractivity contribution in [1.29, 1.82) is 0 Å². The summed E-state index contributed by atoms with van der Waals surface area (Å²) in [5.74, 6) is -0.632. The number of anilines is 3. The minimum Gasteiger partial charge on any atom is -0.395 e. The summed E-state index contributed by atoms with van der Waals surface area (Å²) in [6.45, 7) is 2.02. The third-order valence-corrected chi connectivity index (χ3v) is 5.45. The maximum atomic E-state index is 12.7. The normalized spacial score (nSPS) is 11.4. The first-order chi connectivity index (χ1) is 17.6. The largest absolute Gasteiger partial charge is 0.395 e. The molecule has 200 valence electrons. The zero-order valence-corrected chi connectivity index (χ0v) is 21.3. The van der Waals surface area contributed by atoms with Crippen molar-refractivity contribution in [2.75, 3.05) is 53.5 Å². The van der Waals surface area contributed by atoms with E-state index in [0.717, 1.165) is 17.8 Å². The first-order valence-corrected chi connectivity index (χ1v) is 12.1. The molecular weight excluding hydrogens is 531 g/mol. The minimum absolute atomic E-state index is 0.143.